The zero-order valence-corrected chi connectivity index (χ0v) is 17.2. The highest BCUT2D eigenvalue weighted by Gasteiger charge is 2.15. The van der Waals surface area contributed by atoms with E-state index in [4.69, 9.17) is 21.4 Å². The van der Waals surface area contributed by atoms with Gasteiger partial charge in [0.25, 0.3) is 5.56 Å². The number of carbonyl (C=O) groups excluding carboxylic acids is 1. The molecule has 7 nitrogen and oxygen atoms in total. The predicted molar refractivity (Wildman–Crippen MR) is 116 cm³/mol. The van der Waals surface area contributed by atoms with Gasteiger partial charge in [0.2, 0.25) is 0 Å². The molecule has 0 fully saturated rings. The van der Waals surface area contributed by atoms with Crippen molar-refractivity contribution in [1.82, 2.24) is 9.66 Å². The van der Waals surface area contributed by atoms with E-state index in [0.29, 0.717) is 16.7 Å². The number of H-pyrrole nitrogens is 1. The molecular formula is C22H19N3O4S. The van der Waals surface area contributed by atoms with Crippen LogP contribution in [0.15, 0.2) is 63.8 Å². The highest BCUT2D eigenvalue weighted by molar-refractivity contribution is 7.71. The van der Waals surface area contributed by atoms with E-state index in [2.05, 4.69) is 10.4 Å². The average Bonchev–Trinajstić information content (AvgIpc) is 3.19. The number of fused-ring (bicyclic) bond motifs is 1. The molecule has 0 radical (unpaired) electrons. The lowest BCUT2D eigenvalue weighted by Gasteiger charge is -2.09. The minimum absolute atomic E-state index is 0.0451. The van der Waals surface area contributed by atoms with Crippen molar-refractivity contribution in [3.63, 3.8) is 0 Å². The quantitative estimate of drug-likeness (QED) is 0.471. The molecule has 0 aliphatic heterocycles. The smallest absolute Gasteiger partial charge is 0.305 e. The number of benzene rings is 2. The fourth-order valence-electron chi connectivity index (χ4n) is 3.11. The molecule has 0 atom stereocenters. The number of para-hydroxylation sites is 1. The Bertz CT molecular complexity index is 1370. The molecule has 0 aliphatic carbocycles. The molecule has 0 unspecified atom stereocenters. The van der Waals surface area contributed by atoms with Crippen LogP contribution in [0.4, 0.5) is 0 Å². The molecule has 2 heterocycles. The molecule has 8 heteroatoms. The second-order valence-corrected chi connectivity index (χ2v) is 7.27. The number of nitrogens with one attached hydrogen (secondary N) is 2. The average molecular weight is 421 g/mol. The van der Waals surface area contributed by atoms with Crippen LogP contribution in [0.25, 0.3) is 10.9 Å². The van der Waals surface area contributed by atoms with E-state index < -0.39 is 11.5 Å². The number of aromatic amines is 1. The minimum atomic E-state index is -0.593. The third kappa shape index (κ3) is 3.90. The van der Waals surface area contributed by atoms with Gasteiger partial charge in [-0.05, 0) is 62.0 Å². The van der Waals surface area contributed by atoms with E-state index in [1.165, 1.54) is 6.07 Å². The lowest BCUT2D eigenvalue weighted by Crippen LogP contribution is -2.34. The Balaban J connectivity index is 1.50. The van der Waals surface area contributed by atoms with Crippen LogP contribution in [0.3, 0.4) is 0 Å². The molecule has 4 rings (SSSR count). The lowest BCUT2D eigenvalue weighted by molar-refractivity contribution is 0.0976. The maximum absolute atomic E-state index is 12.6. The first-order valence-electron chi connectivity index (χ1n) is 9.26. The van der Waals surface area contributed by atoms with Crippen molar-refractivity contribution < 1.29 is 13.9 Å². The lowest BCUT2D eigenvalue weighted by atomic mass is 10.1. The fourth-order valence-corrected chi connectivity index (χ4v) is 3.35. The van der Waals surface area contributed by atoms with Crippen LogP contribution in [0.2, 0.25) is 0 Å². The van der Waals surface area contributed by atoms with E-state index in [1.807, 2.05) is 32.0 Å². The maximum Gasteiger partial charge on any atom is 0.305 e. The number of furan rings is 1. The summed E-state index contributed by atoms with van der Waals surface area (Å²) in [4.78, 5) is 28.1. The zero-order chi connectivity index (χ0) is 21.3. The first-order chi connectivity index (χ1) is 14.4. The Kier molecular flexibility index (Phi) is 5.24. The number of nitrogens with zero attached hydrogens (tertiary/aromatic N) is 1. The summed E-state index contributed by atoms with van der Waals surface area (Å²) in [7, 11) is 0. The molecule has 2 aromatic carbocycles. The van der Waals surface area contributed by atoms with Crippen LogP contribution in [-0.2, 0) is 6.61 Å². The first-order valence-corrected chi connectivity index (χ1v) is 9.67. The third-order valence-corrected chi connectivity index (χ3v) is 4.89. The van der Waals surface area contributed by atoms with Crippen LogP contribution in [0.5, 0.6) is 5.75 Å². The van der Waals surface area contributed by atoms with E-state index in [0.717, 1.165) is 21.6 Å². The van der Waals surface area contributed by atoms with Gasteiger partial charge in [0.15, 0.2) is 10.5 Å². The Morgan fingerprint density at radius 3 is 2.77 bits per heavy atom. The van der Waals surface area contributed by atoms with Crippen molar-refractivity contribution in [2.24, 2.45) is 0 Å². The second kappa shape index (κ2) is 8.00. The molecule has 0 spiro atoms. The molecule has 4 aromatic rings. The normalized spacial score (nSPS) is 10.9. The van der Waals surface area contributed by atoms with E-state index in [-0.39, 0.29) is 17.1 Å². The number of hydrogen-bond donors (Lipinski definition) is 2. The Labute approximate surface area is 176 Å². The number of hydrogen-bond acceptors (Lipinski definition) is 5. The Morgan fingerprint density at radius 1 is 1.17 bits per heavy atom. The van der Waals surface area contributed by atoms with Crippen LogP contribution in [0.1, 0.15) is 27.4 Å². The number of rotatable bonds is 5. The topological polar surface area (TPSA) is 89.3 Å². The molecule has 2 aromatic heterocycles. The van der Waals surface area contributed by atoms with Gasteiger partial charge >= 0.3 is 5.91 Å². The van der Waals surface area contributed by atoms with Crippen molar-refractivity contribution in [2.75, 3.05) is 5.43 Å². The zero-order valence-electron chi connectivity index (χ0n) is 16.4. The summed E-state index contributed by atoms with van der Waals surface area (Å²) in [6, 6.07) is 16.0. The number of aryl methyl sites for hydroxylation is 2. The van der Waals surface area contributed by atoms with Gasteiger partial charge in [-0.1, -0.05) is 29.8 Å². The second-order valence-electron chi connectivity index (χ2n) is 6.88. The first kappa shape index (κ1) is 19.7. The number of amides is 1. The summed E-state index contributed by atoms with van der Waals surface area (Å²) in [5.41, 5.74) is 4.83. The third-order valence-electron chi connectivity index (χ3n) is 4.60. The summed E-state index contributed by atoms with van der Waals surface area (Å²) >= 11 is 5.20. The monoisotopic (exact) mass is 421 g/mol. The largest absolute Gasteiger partial charge is 0.485 e. The van der Waals surface area contributed by atoms with Crippen molar-refractivity contribution in [3.05, 3.63) is 92.4 Å². The van der Waals surface area contributed by atoms with Crippen molar-refractivity contribution in [2.45, 2.75) is 20.5 Å². The minimum Gasteiger partial charge on any atom is -0.485 e. The number of ether oxygens (including phenoxy) is 1. The van der Waals surface area contributed by atoms with Gasteiger partial charge in [0.1, 0.15) is 18.1 Å². The predicted octanol–water partition coefficient (Wildman–Crippen LogP) is 4.23. The molecular weight excluding hydrogens is 402 g/mol. The molecule has 0 saturated heterocycles. The van der Waals surface area contributed by atoms with Crippen molar-refractivity contribution in [3.8, 4) is 5.75 Å². The molecule has 0 aliphatic rings. The van der Waals surface area contributed by atoms with Crippen LogP contribution >= 0.6 is 12.2 Å². The maximum atomic E-state index is 12.6. The number of aromatic nitrogens is 2. The van der Waals surface area contributed by atoms with E-state index in [1.54, 1.807) is 30.3 Å². The van der Waals surface area contributed by atoms with Gasteiger partial charge < -0.3 is 14.1 Å². The molecule has 152 valence electrons. The highest BCUT2D eigenvalue weighted by atomic mass is 32.1. The molecule has 1 amide bonds. The van der Waals surface area contributed by atoms with E-state index >= 15 is 0 Å². The molecule has 0 bridgehead atoms. The highest BCUT2D eigenvalue weighted by Crippen LogP contribution is 2.20. The van der Waals surface area contributed by atoms with Crippen LogP contribution < -0.4 is 15.7 Å². The summed E-state index contributed by atoms with van der Waals surface area (Å²) in [5.74, 6) is 0.682. The summed E-state index contributed by atoms with van der Waals surface area (Å²) in [6.07, 6.45) is 0. The van der Waals surface area contributed by atoms with E-state index in [9.17, 15) is 9.59 Å². The number of carbonyl (C=O) groups is 1. The van der Waals surface area contributed by atoms with Crippen LogP contribution in [0, 0.1) is 18.6 Å². The summed E-state index contributed by atoms with van der Waals surface area (Å²) < 4.78 is 12.4. The molecule has 2 N–H and O–H groups in total. The van der Waals surface area contributed by atoms with Gasteiger partial charge in [-0.25, -0.2) is 0 Å². The Morgan fingerprint density at radius 2 is 1.97 bits per heavy atom. The van der Waals surface area contributed by atoms with Crippen molar-refractivity contribution >= 4 is 29.0 Å². The standard InChI is InChI=1S/C22H19N3O4S/c1-13-7-9-18(14(2)11-13)28-12-15-8-10-19(29-15)20(26)24-25-21(27)16-5-3-4-6-17(16)23-22(25)30/h3-11H,12H2,1-2H3,(H,23,30)(H,24,26). The van der Waals surface area contributed by atoms with Gasteiger partial charge in [-0.3, -0.25) is 15.0 Å². The van der Waals surface area contributed by atoms with Gasteiger partial charge in [-0.15, -0.1) is 0 Å². The van der Waals surface area contributed by atoms with Crippen molar-refractivity contribution in [1.29, 1.82) is 0 Å². The Hall–Kier alpha value is -3.65. The SMILES string of the molecule is Cc1ccc(OCc2ccc(C(=O)Nn3c(=S)[nH]c4ccccc4c3=O)o2)c(C)c1. The van der Waals surface area contributed by atoms with Gasteiger partial charge in [0, 0.05) is 0 Å². The summed E-state index contributed by atoms with van der Waals surface area (Å²) in [5, 5.41) is 0.411. The summed E-state index contributed by atoms with van der Waals surface area (Å²) in [6.45, 7) is 4.16. The molecule has 30 heavy (non-hydrogen) atoms. The van der Waals surface area contributed by atoms with Gasteiger partial charge in [-0.2, -0.15) is 4.68 Å². The van der Waals surface area contributed by atoms with Crippen LogP contribution in [-0.4, -0.2) is 15.6 Å². The fraction of sp³-hybridized carbons (Fsp3) is 0.136. The van der Waals surface area contributed by atoms with Gasteiger partial charge in [0.05, 0.1) is 10.9 Å². The molecule has 0 saturated carbocycles.